The second-order valence-electron chi connectivity index (χ2n) is 7.29. The monoisotopic (exact) mass is 443 g/mol. The van der Waals surface area contributed by atoms with E-state index < -0.39 is 10.0 Å². The lowest BCUT2D eigenvalue weighted by atomic mass is 10.1. The average molecular weight is 444 g/mol. The number of amides is 1. The van der Waals surface area contributed by atoms with Gasteiger partial charge in [-0.05, 0) is 59.2 Å². The second-order valence-corrected chi connectivity index (χ2v) is 9.67. The van der Waals surface area contributed by atoms with Gasteiger partial charge in [-0.3, -0.25) is 9.78 Å². The molecular formula is C22H22ClN3O3S. The van der Waals surface area contributed by atoms with Gasteiger partial charge in [-0.2, -0.15) is 4.31 Å². The summed E-state index contributed by atoms with van der Waals surface area (Å²) < 4.78 is 27.6. The topological polar surface area (TPSA) is 70.6 Å². The molecule has 156 valence electrons. The number of benzene rings is 2. The molecule has 0 aliphatic carbocycles. The molecule has 4 rings (SSSR count). The number of aromatic nitrogens is 1. The van der Waals surface area contributed by atoms with Crippen molar-refractivity contribution in [3.8, 4) is 0 Å². The van der Waals surface area contributed by atoms with E-state index >= 15 is 0 Å². The van der Waals surface area contributed by atoms with E-state index in [9.17, 15) is 13.2 Å². The minimum absolute atomic E-state index is 0.0476. The van der Waals surface area contributed by atoms with Crippen LogP contribution in [0.2, 0.25) is 5.02 Å². The van der Waals surface area contributed by atoms with Gasteiger partial charge in [0.2, 0.25) is 15.9 Å². The minimum atomic E-state index is -3.61. The molecule has 1 aliphatic heterocycles. The van der Waals surface area contributed by atoms with E-state index in [0.29, 0.717) is 44.0 Å². The molecule has 3 aromatic rings. The zero-order valence-electron chi connectivity index (χ0n) is 16.4. The minimum Gasteiger partial charge on any atom is -0.340 e. The van der Waals surface area contributed by atoms with E-state index in [-0.39, 0.29) is 10.8 Å². The number of piperazine rings is 1. The Morgan fingerprint density at radius 3 is 2.33 bits per heavy atom. The van der Waals surface area contributed by atoms with Crippen LogP contribution in [-0.2, 0) is 21.2 Å². The molecule has 30 heavy (non-hydrogen) atoms. The number of pyridine rings is 1. The van der Waals surface area contributed by atoms with E-state index in [1.165, 1.54) is 4.31 Å². The van der Waals surface area contributed by atoms with Crippen molar-refractivity contribution in [3.05, 3.63) is 71.5 Å². The van der Waals surface area contributed by atoms with Gasteiger partial charge in [-0.1, -0.05) is 23.7 Å². The van der Waals surface area contributed by atoms with Gasteiger partial charge in [-0.15, -0.1) is 0 Å². The second kappa shape index (κ2) is 8.71. The molecule has 1 aromatic heterocycles. The van der Waals surface area contributed by atoms with E-state index in [1.807, 2.05) is 24.3 Å². The number of halogens is 1. The van der Waals surface area contributed by atoms with Crippen molar-refractivity contribution in [2.45, 2.75) is 17.7 Å². The summed E-state index contributed by atoms with van der Waals surface area (Å²) in [5, 5.41) is 2.33. The van der Waals surface area contributed by atoms with Gasteiger partial charge in [0, 0.05) is 50.0 Å². The van der Waals surface area contributed by atoms with Gasteiger partial charge in [0.1, 0.15) is 0 Å². The van der Waals surface area contributed by atoms with E-state index in [1.54, 1.807) is 41.6 Å². The summed E-state index contributed by atoms with van der Waals surface area (Å²) in [6.45, 7) is 1.39. The maximum absolute atomic E-state index is 13.1. The molecule has 6 nitrogen and oxygen atoms in total. The molecule has 8 heteroatoms. The first-order valence-electron chi connectivity index (χ1n) is 9.80. The first-order chi connectivity index (χ1) is 14.4. The Kier molecular flexibility index (Phi) is 6.04. The zero-order valence-corrected chi connectivity index (χ0v) is 17.9. The van der Waals surface area contributed by atoms with Crippen LogP contribution >= 0.6 is 11.6 Å². The SMILES string of the molecule is O=C(CCc1ccncc1)N1CCN(S(=O)(=O)c2ccc3cc(Cl)ccc3c2)CC1. The van der Waals surface area contributed by atoms with Crippen LogP contribution in [0.25, 0.3) is 10.8 Å². The molecule has 0 spiro atoms. The molecule has 2 aromatic carbocycles. The predicted octanol–water partition coefficient (Wildman–Crippen LogP) is 3.35. The summed E-state index contributed by atoms with van der Waals surface area (Å²) in [5.41, 5.74) is 1.07. The van der Waals surface area contributed by atoms with Crippen molar-refractivity contribution in [3.63, 3.8) is 0 Å². The number of hydrogen-bond donors (Lipinski definition) is 0. The fourth-order valence-corrected chi connectivity index (χ4v) is 5.28. The summed E-state index contributed by atoms with van der Waals surface area (Å²) >= 11 is 6.01. The van der Waals surface area contributed by atoms with E-state index in [2.05, 4.69) is 4.98 Å². The standard InChI is InChI=1S/C22H22ClN3O3S/c23-20-4-2-19-16-21(5-3-18(19)15-20)30(28,29)26-13-11-25(12-14-26)22(27)6-1-17-7-9-24-10-8-17/h2-5,7-10,15-16H,1,6,11-14H2. The summed E-state index contributed by atoms with van der Waals surface area (Å²) in [5.74, 6) is 0.0476. The highest BCUT2D eigenvalue weighted by atomic mass is 35.5. The molecule has 0 atom stereocenters. The van der Waals surface area contributed by atoms with Crippen LogP contribution in [0.4, 0.5) is 0 Å². The van der Waals surface area contributed by atoms with Crippen LogP contribution in [0, 0.1) is 0 Å². The van der Waals surface area contributed by atoms with Crippen LogP contribution < -0.4 is 0 Å². The number of fused-ring (bicyclic) bond motifs is 1. The van der Waals surface area contributed by atoms with Crippen molar-refractivity contribution in [2.24, 2.45) is 0 Å². The number of aryl methyl sites for hydroxylation is 1. The van der Waals surface area contributed by atoms with Gasteiger partial charge in [-0.25, -0.2) is 8.42 Å². The van der Waals surface area contributed by atoms with Crippen LogP contribution in [0.3, 0.4) is 0 Å². The lowest BCUT2D eigenvalue weighted by molar-refractivity contribution is -0.132. The van der Waals surface area contributed by atoms with Crippen molar-refractivity contribution in [2.75, 3.05) is 26.2 Å². The quantitative estimate of drug-likeness (QED) is 0.606. The smallest absolute Gasteiger partial charge is 0.243 e. The molecule has 0 radical (unpaired) electrons. The summed E-state index contributed by atoms with van der Waals surface area (Å²) in [7, 11) is -3.61. The Morgan fingerprint density at radius 1 is 0.933 bits per heavy atom. The summed E-state index contributed by atoms with van der Waals surface area (Å²) in [4.78, 5) is 18.5. The molecule has 1 amide bonds. The van der Waals surface area contributed by atoms with Crippen molar-refractivity contribution >= 4 is 38.3 Å². The van der Waals surface area contributed by atoms with E-state index in [0.717, 1.165) is 16.3 Å². The van der Waals surface area contributed by atoms with Gasteiger partial charge in [0.15, 0.2) is 0 Å². The molecule has 0 unspecified atom stereocenters. The van der Waals surface area contributed by atoms with Gasteiger partial charge >= 0.3 is 0 Å². The maximum atomic E-state index is 13.1. The van der Waals surface area contributed by atoms with Crippen LogP contribution in [0.1, 0.15) is 12.0 Å². The zero-order chi connectivity index (χ0) is 21.1. The van der Waals surface area contributed by atoms with Crippen LogP contribution in [-0.4, -0.2) is 54.7 Å². The van der Waals surface area contributed by atoms with Crippen LogP contribution in [0.15, 0.2) is 65.8 Å². The fourth-order valence-electron chi connectivity index (χ4n) is 3.64. The van der Waals surface area contributed by atoms with Crippen LogP contribution in [0.5, 0.6) is 0 Å². The molecule has 2 heterocycles. The highest BCUT2D eigenvalue weighted by Gasteiger charge is 2.30. The number of hydrogen-bond acceptors (Lipinski definition) is 4. The first-order valence-corrected chi connectivity index (χ1v) is 11.6. The number of rotatable bonds is 5. The van der Waals surface area contributed by atoms with Crippen molar-refractivity contribution in [1.29, 1.82) is 0 Å². The average Bonchev–Trinajstić information content (AvgIpc) is 2.77. The van der Waals surface area contributed by atoms with Crippen molar-refractivity contribution in [1.82, 2.24) is 14.2 Å². The Balaban J connectivity index is 1.39. The normalized spacial score (nSPS) is 15.4. The maximum Gasteiger partial charge on any atom is 0.243 e. The Bertz CT molecular complexity index is 1160. The molecule has 0 N–H and O–H groups in total. The highest BCUT2D eigenvalue weighted by Crippen LogP contribution is 2.25. The third-order valence-electron chi connectivity index (χ3n) is 5.38. The molecule has 0 saturated carbocycles. The number of carbonyl (C=O) groups excluding carboxylic acids is 1. The number of nitrogens with zero attached hydrogens (tertiary/aromatic N) is 3. The number of carbonyl (C=O) groups is 1. The molecule has 0 bridgehead atoms. The largest absolute Gasteiger partial charge is 0.340 e. The lowest BCUT2D eigenvalue weighted by Crippen LogP contribution is -2.50. The Labute approximate surface area is 181 Å². The Morgan fingerprint density at radius 2 is 1.60 bits per heavy atom. The lowest BCUT2D eigenvalue weighted by Gasteiger charge is -2.34. The van der Waals surface area contributed by atoms with Gasteiger partial charge in [0.05, 0.1) is 4.90 Å². The van der Waals surface area contributed by atoms with Gasteiger partial charge in [0.25, 0.3) is 0 Å². The molecule has 1 fully saturated rings. The van der Waals surface area contributed by atoms with Crippen molar-refractivity contribution < 1.29 is 13.2 Å². The fraction of sp³-hybridized carbons (Fsp3) is 0.273. The molecular weight excluding hydrogens is 422 g/mol. The van der Waals surface area contributed by atoms with E-state index in [4.69, 9.17) is 11.6 Å². The molecule has 1 saturated heterocycles. The summed E-state index contributed by atoms with van der Waals surface area (Å²) in [6.07, 6.45) is 4.49. The predicted molar refractivity (Wildman–Crippen MR) is 117 cm³/mol. The third kappa shape index (κ3) is 4.48. The molecule has 1 aliphatic rings. The van der Waals surface area contributed by atoms with Gasteiger partial charge < -0.3 is 4.90 Å². The number of sulfonamides is 1. The third-order valence-corrected chi connectivity index (χ3v) is 7.51. The summed E-state index contributed by atoms with van der Waals surface area (Å²) in [6, 6.07) is 14.2. The highest BCUT2D eigenvalue weighted by molar-refractivity contribution is 7.89. The first kappa shape index (κ1) is 20.8. The Hall–Kier alpha value is -2.48.